The highest BCUT2D eigenvalue weighted by molar-refractivity contribution is 7.43. The van der Waals surface area contributed by atoms with Crippen molar-refractivity contribution in [3.8, 4) is 23.0 Å². The van der Waals surface area contributed by atoms with E-state index in [0.29, 0.717) is 29.4 Å². The molecule has 1 heterocycles. The first kappa shape index (κ1) is 48.5. The molecule has 67 heavy (non-hydrogen) atoms. The number of fused-ring (bicyclic) bond motifs is 2. The van der Waals surface area contributed by atoms with Crippen molar-refractivity contribution in [1.29, 1.82) is 0 Å². The zero-order chi connectivity index (χ0) is 47.2. The molecule has 4 nitrogen and oxygen atoms in total. The average molecular weight is 925 g/mol. The van der Waals surface area contributed by atoms with Gasteiger partial charge in [-0.3, -0.25) is 0 Å². The van der Waals surface area contributed by atoms with Gasteiger partial charge >= 0.3 is 8.60 Å². The van der Waals surface area contributed by atoms with Crippen molar-refractivity contribution in [2.45, 2.75) is 244 Å². The van der Waals surface area contributed by atoms with Crippen molar-refractivity contribution in [3.63, 3.8) is 0 Å². The Morgan fingerprint density at radius 2 is 0.881 bits per heavy atom. The quantitative estimate of drug-likeness (QED) is 0.179. The Kier molecular flexibility index (Phi) is 14.5. The number of aryl methyl sites for hydroxylation is 2. The zero-order valence-corrected chi connectivity index (χ0v) is 44.2. The fourth-order valence-corrected chi connectivity index (χ4v) is 14.3. The maximum atomic E-state index is 12.2. The summed E-state index contributed by atoms with van der Waals surface area (Å²) in [6.45, 7) is 22.5. The van der Waals surface area contributed by atoms with Crippen LogP contribution >= 0.6 is 8.60 Å². The molecule has 0 amide bonds. The van der Waals surface area contributed by atoms with Gasteiger partial charge in [0.15, 0.2) is 0 Å². The Bertz CT molecular complexity index is 2280. The van der Waals surface area contributed by atoms with Gasteiger partial charge in [-0.2, -0.15) is 0 Å². The van der Waals surface area contributed by atoms with Gasteiger partial charge in [-0.05, 0) is 128 Å². The Balaban J connectivity index is 1.27. The summed E-state index contributed by atoms with van der Waals surface area (Å²) in [6.07, 6.45) is 25.7. The molecule has 5 aliphatic rings. The molecule has 4 aromatic rings. The van der Waals surface area contributed by atoms with E-state index in [1.807, 2.05) is 0 Å². The summed E-state index contributed by atoms with van der Waals surface area (Å²) in [6, 6.07) is 19.4. The molecule has 1 N–H and O–H groups in total. The molecule has 4 saturated carbocycles. The lowest BCUT2D eigenvalue weighted by Crippen LogP contribution is -2.20. The summed E-state index contributed by atoms with van der Waals surface area (Å²) in [5.74, 6) is 5.35. The van der Waals surface area contributed by atoms with E-state index < -0.39 is 8.60 Å². The van der Waals surface area contributed by atoms with Gasteiger partial charge in [0.2, 0.25) is 0 Å². The number of phenolic OH excluding ortho intramolecular Hbond substituents is 1. The van der Waals surface area contributed by atoms with Crippen LogP contribution in [-0.4, -0.2) is 5.11 Å². The lowest BCUT2D eigenvalue weighted by Gasteiger charge is -2.36. The van der Waals surface area contributed by atoms with Gasteiger partial charge in [0.25, 0.3) is 0 Å². The van der Waals surface area contributed by atoms with Crippen molar-refractivity contribution in [1.82, 2.24) is 0 Å². The molecule has 1 aliphatic heterocycles. The highest BCUT2D eigenvalue weighted by Crippen LogP contribution is 2.59. The summed E-state index contributed by atoms with van der Waals surface area (Å²) in [4.78, 5) is 0. The standard InChI is InChI=1S/C62H85O4P/c1-39-31-49(57(63)55(33-39)61(5,6)7)41(3)50-32-40(2)34-56(62(8,9)10)60(50)66-67-64-58-51(35-47(43-23-15-11-16-24-43)37-53(58)45-27-19-13-20-28-45)42(4)52-36-48(44-25-17-12-18-26-44)38-54(59(52)65-67)46-29-21-14-22-30-46/h31-38,41-46,63H,11-30H2,1-10H3. The topological polar surface area (TPSA) is 47.9 Å². The second-order valence-electron chi connectivity index (χ2n) is 24.3. The highest BCUT2D eigenvalue weighted by Gasteiger charge is 2.39. The predicted octanol–water partition coefficient (Wildman–Crippen LogP) is 19.2. The third-order valence-electron chi connectivity index (χ3n) is 17.1. The first-order chi connectivity index (χ1) is 32.0. The second-order valence-corrected chi connectivity index (χ2v) is 25.3. The summed E-state index contributed by atoms with van der Waals surface area (Å²) >= 11 is 0. The summed E-state index contributed by atoms with van der Waals surface area (Å²) in [7, 11) is -1.99. The molecule has 0 radical (unpaired) electrons. The van der Waals surface area contributed by atoms with E-state index in [2.05, 4.69) is 118 Å². The Hall–Kier alpha value is -3.49. The number of benzene rings is 4. The first-order valence-electron chi connectivity index (χ1n) is 27.2. The molecule has 0 saturated heterocycles. The van der Waals surface area contributed by atoms with E-state index in [-0.39, 0.29) is 22.7 Å². The third kappa shape index (κ3) is 10.4. The molecule has 4 aliphatic carbocycles. The molecule has 0 spiro atoms. The van der Waals surface area contributed by atoms with Gasteiger partial charge in [-0.1, -0.05) is 192 Å². The average Bonchev–Trinajstić information content (AvgIpc) is 3.32. The molecule has 1 unspecified atom stereocenters. The monoisotopic (exact) mass is 925 g/mol. The maximum absolute atomic E-state index is 12.2. The van der Waals surface area contributed by atoms with Crippen LogP contribution in [0.3, 0.4) is 0 Å². The van der Waals surface area contributed by atoms with Crippen LogP contribution in [0.15, 0.2) is 48.5 Å². The molecule has 9 rings (SSSR count). The minimum atomic E-state index is -1.99. The molecular formula is C62H85O4P. The first-order valence-corrected chi connectivity index (χ1v) is 28.3. The normalized spacial score (nSPS) is 22.2. The van der Waals surface area contributed by atoms with Crippen molar-refractivity contribution < 1.29 is 18.7 Å². The van der Waals surface area contributed by atoms with Crippen LogP contribution in [0, 0.1) is 13.8 Å². The second kappa shape index (κ2) is 20.1. The van der Waals surface area contributed by atoms with Crippen LogP contribution in [-0.2, 0) is 10.8 Å². The molecule has 4 fully saturated rings. The van der Waals surface area contributed by atoms with E-state index in [1.54, 1.807) is 0 Å². The Morgan fingerprint density at radius 3 is 1.30 bits per heavy atom. The lowest BCUT2D eigenvalue weighted by molar-refractivity contribution is 0.356. The SMILES string of the molecule is Cc1cc(C(C)c2cc(C)cc(C(C)(C)C)c2OP2Oc3c(C4CCCCC4)cc(C4CCCCC4)cc3C(C)c3cc(C4CCCCC4)cc(C4CCCCC4)c3O2)c(O)c(C(C)(C)C)c1. The van der Waals surface area contributed by atoms with E-state index in [0.717, 1.165) is 45.1 Å². The van der Waals surface area contributed by atoms with E-state index in [9.17, 15) is 5.11 Å². The number of phenols is 1. The van der Waals surface area contributed by atoms with Crippen LogP contribution in [0.25, 0.3) is 0 Å². The number of rotatable bonds is 8. The molecule has 0 bridgehead atoms. The minimum Gasteiger partial charge on any atom is -0.507 e. The zero-order valence-electron chi connectivity index (χ0n) is 43.3. The number of hydrogen-bond donors (Lipinski definition) is 1. The summed E-state index contributed by atoms with van der Waals surface area (Å²) in [5, 5.41) is 12.2. The molecular weight excluding hydrogens is 840 g/mol. The maximum Gasteiger partial charge on any atom is 0.530 e. The van der Waals surface area contributed by atoms with Gasteiger partial charge in [-0.15, -0.1) is 0 Å². The fraction of sp³-hybridized carbons (Fsp3) is 0.613. The largest absolute Gasteiger partial charge is 0.530 e. The molecule has 362 valence electrons. The van der Waals surface area contributed by atoms with Gasteiger partial charge in [0.1, 0.15) is 23.0 Å². The lowest BCUT2D eigenvalue weighted by atomic mass is 9.75. The summed E-state index contributed by atoms with van der Waals surface area (Å²) in [5.41, 5.74) is 14.6. The number of hydrogen-bond acceptors (Lipinski definition) is 4. The van der Waals surface area contributed by atoms with Crippen molar-refractivity contribution in [2.24, 2.45) is 0 Å². The van der Waals surface area contributed by atoms with Crippen LogP contribution < -0.4 is 13.6 Å². The van der Waals surface area contributed by atoms with Crippen molar-refractivity contribution >= 4 is 8.60 Å². The molecule has 1 atom stereocenters. The Labute approximate surface area is 407 Å². The summed E-state index contributed by atoms with van der Waals surface area (Å²) < 4.78 is 23.1. The van der Waals surface area contributed by atoms with Crippen LogP contribution in [0.2, 0.25) is 0 Å². The highest BCUT2D eigenvalue weighted by atomic mass is 31.2. The number of aromatic hydroxyl groups is 1. The fourth-order valence-electron chi connectivity index (χ4n) is 13.1. The van der Waals surface area contributed by atoms with Gasteiger partial charge in [-0.25, -0.2) is 0 Å². The molecule has 4 aromatic carbocycles. The molecule has 0 aromatic heterocycles. The van der Waals surface area contributed by atoms with E-state index >= 15 is 0 Å². The minimum absolute atomic E-state index is 0.111. The van der Waals surface area contributed by atoms with Gasteiger partial charge in [0.05, 0.1) is 0 Å². The molecule has 5 heteroatoms. The van der Waals surface area contributed by atoms with Crippen molar-refractivity contribution in [3.05, 3.63) is 115 Å². The predicted molar refractivity (Wildman–Crippen MR) is 281 cm³/mol. The van der Waals surface area contributed by atoms with Crippen molar-refractivity contribution in [2.75, 3.05) is 0 Å². The van der Waals surface area contributed by atoms with Crippen LogP contribution in [0.1, 0.15) is 286 Å². The van der Waals surface area contributed by atoms with Gasteiger partial charge < -0.3 is 18.7 Å². The van der Waals surface area contributed by atoms with Crippen LogP contribution in [0.4, 0.5) is 0 Å². The van der Waals surface area contributed by atoms with E-state index in [4.69, 9.17) is 13.6 Å². The third-order valence-corrected chi connectivity index (χ3v) is 18.1. The van der Waals surface area contributed by atoms with Crippen LogP contribution in [0.5, 0.6) is 23.0 Å². The smallest absolute Gasteiger partial charge is 0.507 e. The van der Waals surface area contributed by atoms with E-state index in [1.165, 1.54) is 167 Å². The van der Waals surface area contributed by atoms with Gasteiger partial charge in [0, 0.05) is 39.7 Å². The Morgan fingerprint density at radius 1 is 0.507 bits per heavy atom.